The number of hydrogen-bond acceptors (Lipinski definition) is 4. The SMILES string of the molecule is COc1ccc(OCC(CN)Cc2cccs2)cc1. The van der Waals surface area contributed by atoms with Crippen LogP contribution in [0.2, 0.25) is 0 Å². The maximum atomic E-state index is 5.80. The highest BCUT2D eigenvalue weighted by atomic mass is 32.1. The lowest BCUT2D eigenvalue weighted by atomic mass is 10.1. The van der Waals surface area contributed by atoms with Gasteiger partial charge in [0.2, 0.25) is 0 Å². The first-order chi connectivity index (χ1) is 9.31. The van der Waals surface area contributed by atoms with Gasteiger partial charge in [0.25, 0.3) is 0 Å². The van der Waals surface area contributed by atoms with E-state index in [0.717, 1.165) is 17.9 Å². The van der Waals surface area contributed by atoms with Gasteiger partial charge in [-0.25, -0.2) is 0 Å². The van der Waals surface area contributed by atoms with Gasteiger partial charge in [-0.15, -0.1) is 11.3 Å². The molecule has 0 radical (unpaired) electrons. The number of methoxy groups -OCH3 is 1. The minimum absolute atomic E-state index is 0.348. The van der Waals surface area contributed by atoms with Crippen molar-refractivity contribution in [2.75, 3.05) is 20.3 Å². The Hall–Kier alpha value is -1.52. The first kappa shape index (κ1) is 13.9. The van der Waals surface area contributed by atoms with Crippen molar-refractivity contribution < 1.29 is 9.47 Å². The van der Waals surface area contributed by atoms with Crippen LogP contribution in [0.3, 0.4) is 0 Å². The van der Waals surface area contributed by atoms with Crippen molar-refractivity contribution in [2.45, 2.75) is 6.42 Å². The van der Waals surface area contributed by atoms with E-state index in [9.17, 15) is 0 Å². The predicted molar refractivity (Wildman–Crippen MR) is 79.1 cm³/mol. The van der Waals surface area contributed by atoms with Crippen LogP contribution in [-0.2, 0) is 6.42 Å². The molecule has 102 valence electrons. The van der Waals surface area contributed by atoms with Crippen LogP contribution in [0.5, 0.6) is 11.5 Å². The van der Waals surface area contributed by atoms with Crippen molar-refractivity contribution in [1.82, 2.24) is 0 Å². The van der Waals surface area contributed by atoms with Crippen molar-refractivity contribution in [3.8, 4) is 11.5 Å². The van der Waals surface area contributed by atoms with E-state index in [1.807, 2.05) is 24.3 Å². The number of thiophene rings is 1. The Morgan fingerprint density at radius 3 is 2.47 bits per heavy atom. The zero-order chi connectivity index (χ0) is 13.5. The standard InChI is InChI=1S/C15H19NO2S/c1-17-13-4-6-14(7-5-13)18-11-12(10-16)9-15-3-2-8-19-15/h2-8,12H,9-11,16H2,1H3. The zero-order valence-corrected chi connectivity index (χ0v) is 11.9. The number of hydrogen-bond donors (Lipinski definition) is 1. The van der Waals surface area contributed by atoms with Crippen LogP contribution in [0.4, 0.5) is 0 Å². The second kappa shape index (κ2) is 7.16. The van der Waals surface area contributed by atoms with Gasteiger partial charge in [0.05, 0.1) is 13.7 Å². The van der Waals surface area contributed by atoms with Crippen LogP contribution in [0.15, 0.2) is 41.8 Å². The van der Waals surface area contributed by atoms with Crippen LogP contribution >= 0.6 is 11.3 Å². The summed E-state index contributed by atoms with van der Waals surface area (Å²) in [5.74, 6) is 2.03. The molecular formula is C15H19NO2S. The second-order valence-electron chi connectivity index (χ2n) is 4.37. The molecule has 0 saturated carbocycles. The van der Waals surface area contributed by atoms with Crippen molar-refractivity contribution in [1.29, 1.82) is 0 Å². The molecule has 0 amide bonds. The molecule has 19 heavy (non-hydrogen) atoms. The Morgan fingerprint density at radius 1 is 1.16 bits per heavy atom. The van der Waals surface area contributed by atoms with E-state index in [1.54, 1.807) is 18.4 Å². The summed E-state index contributed by atoms with van der Waals surface area (Å²) in [7, 11) is 1.65. The molecule has 0 bridgehead atoms. The summed E-state index contributed by atoms with van der Waals surface area (Å²) in [4.78, 5) is 1.36. The van der Waals surface area contributed by atoms with E-state index in [-0.39, 0.29) is 0 Å². The molecule has 2 aromatic rings. The molecule has 0 spiro atoms. The summed E-state index contributed by atoms with van der Waals surface area (Å²) in [6.07, 6.45) is 0.977. The smallest absolute Gasteiger partial charge is 0.119 e. The number of benzene rings is 1. The minimum atomic E-state index is 0.348. The molecule has 0 fully saturated rings. The molecule has 4 heteroatoms. The maximum absolute atomic E-state index is 5.80. The van der Waals surface area contributed by atoms with E-state index < -0.39 is 0 Å². The fourth-order valence-electron chi connectivity index (χ4n) is 1.81. The summed E-state index contributed by atoms with van der Waals surface area (Å²) in [5.41, 5.74) is 5.80. The summed E-state index contributed by atoms with van der Waals surface area (Å²) in [6, 6.07) is 11.8. The van der Waals surface area contributed by atoms with E-state index in [0.29, 0.717) is 19.1 Å². The minimum Gasteiger partial charge on any atom is -0.497 e. The molecule has 1 aromatic carbocycles. The van der Waals surface area contributed by atoms with Crippen molar-refractivity contribution >= 4 is 11.3 Å². The van der Waals surface area contributed by atoms with E-state index >= 15 is 0 Å². The highest BCUT2D eigenvalue weighted by Crippen LogP contribution is 2.19. The van der Waals surface area contributed by atoms with Gasteiger partial charge < -0.3 is 15.2 Å². The first-order valence-corrected chi connectivity index (χ1v) is 7.19. The van der Waals surface area contributed by atoms with Gasteiger partial charge in [-0.1, -0.05) is 6.07 Å². The maximum Gasteiger partial charge on any atom is 0.119 e. The van der Waals surface area contributed by atoms with Gasteiger partial charge >= 0.3 is 0 Å². The molecule has 1 heterocycles. The summed E-state index contributed by atoms with van der Waals surface area (Å²) < 4.78 is 10.9. The van der Waals surface area contributed by atoms with Gasteiger partial charge in [0, 0.05) is 10.8 Å². The number of ether oxygens (including phenoxy) is 2. The Morgan fingerprint density at radius 2 is 1.89 bits per heavy atom. The topological polar surface area (TPSA) is 44.5 Å². The lowest BCUT2D eigenvalue weighted by Crippen LogP contribution is -2.23. The molecule has 0 saturated heterocycles. The average Bonchev–Trinajstić information content (AvgIpc) is 2.97. The quantitative estimate of drug-likeness (QED) is 0.846. The summed E-state index contributed by atoms with van der Waals surface area (Å²) in [6.45, 7) is 1.27. The van der Waals surface area contributed by atoms with Crippen LogP contribution in [0.1, 0.15) is 4.88 Å². The van der Waals surface area contributed by atoms with E-state index in [4.69, 9.17) is 15.2 Å². The molecule has 0 aliphatic heterocycles. The molecule has 0 aliphatic carbocycles. The normalized spacial score (nSPS) is 12.1. The summed E-state index contributed by atoms with van der Waals surface area (Å²) in [5, 5.41) is 2.09. The van der Waals surface area contributed by atoms with Gasteiger partial charge in [0.15, 0.2) is 0 Å². The third kappa shape index (κ3) is 4.26. The molecule has 1 aromatic heterocycles. The van der Waals surface area contributed by atoms with E-state index in [1.165, 1.54) is 4.88 Å². The van der Waals surface area contributed by atoms with Crippen molar-refractivity contribution in [3.05, 3.63) is 46.7 Å². The first-order valence-electron chi connectivity index (χ1n) is 6.31. The molecule has 3 nitrogen and oxygen atoms in total. The Labute approximate surface area is 118 Å². The third-order valence-corrected chi connectivity index (χ3v) is 3.85. The third-order valence-electron chi connectivity index (χ3n) is 2.95. The zero-order valence-electron chi connectivity index (χ0n) is 11.0. The highest BCUT2D eigenvalue weighted by molar-refractivity contribution is 7.09. The molecule has 2 rings (SSSR count). The second-order valence-corrected chi connectivity index (χ2v) is 5.40. The van der Waals surface area contributed by atoms with Crippen LogP contribution < -0.4 is 15.2 Å². The van der Waals surface area contributed by atoms with Crippen molar-refractivity contribution in [3.63, 3.8) is 0 Å². The highest BCUT2D eigenvalue weighted by Gasteiger charge is 2.09. The van der Waals surface area contributed by atoms with Gasteiger partial charge in [-0.2, -0.15) is 0 Å². The lowest BCUT2D eigenvalue weighted by Gasteiger charge is -2.15. The Balaban J connectivity index is 1.84. The van der Waals surface area contributed by atoms with Gasteiger partial charge in [-0.3, -0.25) is 0 Å². The molecule has 2 N–H and O–H groups in total. The Bertz CT molecular complexity index is 467. The number of nitrogens with two attached hydrogens (primary N) is 1. The van der Waals surface area contributed by atoms with Crippen molar-refractivity contribution in [2.24, 2.45) is 11.7 Å². The lowest BCUT2D eigenvalue weighted by molar-refractivity contribution is 0.252. The van der Waals surface area contributed by atoms with Gasteiger partial charge in [-0.05, 0) is 48.7 Å². The predicted octanol–water partition coefficient (Wildman–Crippen LogP) is 2.95. The van der Waals surface area contributed by atoms with Crippen LogP contribution in [0, 0.1) is 5.92 Å². The molecule has 1 atom stereocenters. The fraction of sp³-hybridized carbons (Fsp3) is 0.333. The average molecular weight is 277 g/mol. The molecule has 0 aliphatic rings. The fourth-order valence-corrected chi connectivity index (χ4v) is 2.63. The van der Waals surface area contributed by atoms with E-state index in [2.05, 4.69) is 17.5 Å². The summed E-state index contributed by atoms with van der Waals surface area (Å²) >= 11 is 1.77. The van der Waals surface area contributed by atoms with Gasteiger partial charge in [0.1, 0.15) is 11.5 Å². The Kier molecular flexibility index (Phi) is 5.24. The number of rotatable bonds is 7. The monoisotopic (exact) mass is 277 g/mol. The molecular weight excluding hydrogens is 258 g/mol. The van der Waals surface area contributed by atoms with Crippen LogP contribution in [0.25, 0.3) is 0 Å². The van der Waals surface area contributed by atoms with Crippen LogP contribution in [-0.4, -0.2) is 20.3 Å². The largest absolute Gasteiger partial charge is 0.497 e. The molecule has 1 unspecified atom stereocenters.